The second-order valence-corrected chi connectivity index (χ2v) is 5.73. The van der Waals surface area contributed by atoms with Gasteiger partial charge >= 0.3 is 5.69 Å². The highest BCUT2D eigenvalue weighted by molar-refractivity contribution is 5.83. The number of methoxy groups -OCH3 is 1. The van der Waals surface area contributed by atoms with Crippen LogP contribution in [0.2, 0.25) is 0 Å². The molecule has 2 aromatic rings. The minimum Gasteiger partial charge on any atom is -0.493 e. The first-order valence-corrected chi connectivity index (χ1v) is 7.79. The summed E-state index contributed by atoms with van der Waals surface area (Å²) in [5, 5.41) is 15.5. The molecule has 0 bridgehead atoms. The van der Waals surface area contributed by atoms with Crippen molar-refractivity contribution in [1.29, 1.82) is 0 Å². The lowest BCUT2D eigenvalue weighted by Gasteiger charge is -2.14. The second-order valence-electron chi connectivity index (χ2n) is 5.73. The summed E-state index contributed by atoms with van der Waals surface area (Å²) in [6, 6.07) is 10.8. The van der Waals surface area contributed by atoms with Crippen molar-refractivity contribution in [2.75, 3.05) is 12.5 Å². The van der Waals surface area contributed by atoms with E-state index in [0.29, 0.717) is 11.3 Å². The van der Waals surface area contributed by atoms with Gasteiger partial charge in [-0.3, -0.25) is 15.5 Å². The van der Waals surface area contributed by atoms with Gasteiger partial charge in [0.05, 0.1) is 30.0 Å². The molecule has 7 heteroatoms. The van der Waals surface area contributed by atoms with Crippen LogP contribution in [0.15, 0.2) is 41.5 Å². The molecule has 0 heterocycles. The first-order valence-electron chi connectivity index (χ1n) is 7.79. The first-order chi connectivity index (χ1) is 11.9. The van der Waals surface area contributed by atoms with Gasteiger partial charge in [-0.05, 0) is 39.0 Å². The number of hydrogen-bond donors (Lipinski definition) is 1. The molecule has 0 amide bonds. The van der Waals surface area contributed by atoms with Crippen molar-refractivity contribution >= 4 is 17.6 Å². The molecule has 1 N–H and O–H groups in total. The maximum Gasteiger partial charge on any atom is 0.315 e. The van der Waals surface area contributed by atoms with Gasteiger partial charge in [0.2, 0.25) is 5.75 Å². The van der Waals surface area contributed by atoms with Gasteiger partial charge in [0.25, 0.3) is 0 Å². The number of ether oxygens (including phenoxy) is 2. The predicted octanol–water partition coefficient (Wildman–Crippen LogP) is 4.15. The first kappa shape index (κ1) is 18.3. The SMILES string of the molecule is COc1cc(/C=N/Nc2ccc(C)cc2)cc([N+](=O)[O-])c1OC(C)C. The van der Waals surface area contributed by atoms with Gasteiger partial charge in [-0.25, -0.2) is 0 Å². The number of benzene rings is 2. The Morgan fingerprint density at radius 2 is 1.92 bits per heavy atom. The molecule has 0 aliphatic rings. The molecule has 0 spiro atoms. The molecule has 7 nitrogen and oxygen atoms in total. The van der Waals surface area contributed by atoms with Crippen molar-refractivity contribution in [3.63, 3.8) is 0 Å². The summed E-state index contributed by atoms with van der Waals surface area (Å²) >= 11 is 0. The van der Waals surface area contributed by atoms with E-state index in [9.17, 15) is 10.1 Å². The van der Waals surface area contributed by atoms with Crippen LogP contribution >= 0.6 is 0 Å². The van der Waals surface area contributed by atoms with Gasteiger partial charge < -0.3 is 9.47 Å². The minimum atomic E-state index is -0.495. The van der Waals surface area contributed by atoms with Crippen molar-refractivity contribution in [2.24, 2.45) is 5.10 Å². The van der Waals surface area contributed by atoms with Crippen LogP contribution in [-0.4, -0.2) is 24.4 Å². The highest BCUT2D eigenvalue weighted by atomic mass is 16.6. The Morgan fingerprint density at radius 1 is 1.24 bits per heavy atom. The van der Waals surface area contributed by atoms with E-state index in [4.69, 9.17) is 9.47 Å². The summed E-state index contributed by atoms with van der Waals surface area (Å²) in [7, 11) is 1.44. The minimum absolute atomic E-state index is 0.117. The van der Waals surface area contributed by atoms with Gasteiger partial charge in [0, 0.05) is 11.6 Å². The van der Waals surface area contributed by atoms with Crippen LogP contribution in [0.1, 0.15) is 25.0 Å². The van der Waals surface area contributed by atoms with E-state index < -0.39 is 4.92 Å². The molecule has 0 radical (unpaired) electrons. The molecule has 0 fully saturated rings. The average Bonchev–Trinajstić information content (AvgIpc) is 2.56. The van der Waals surface area contributed by atoms with Crippen LogP contribution in [0, 0.1) is 17.0 Å². The Kier molecular flexibility index (Phi) is 5.94. The third kappa shape index (κ3) is 4.94. The normalized spacial score (nSPS) is 10.9. The standard InChI is InChI=1S/C18H21N3O4/c1-12(2)25-18-16(21(22)23)9-14(10-17(18)24-4)11-19-20-15-7-5-13(3)6-8-15/h5-12,20H,1-4H3/b19-11+. The molecular weight excluding hydrogens is 322 g/mol. The highest BCUT2D eigenvalue weighted by Gasteiger charge is 2.22. The number of nitrogens with one attached hydrogen (secondary N) is 1. The lowest BCUT2D eigenvalue weighted by molar-refractivity contribution is -0.386. The number of nitrogens with zero attached hydrogens (tertiary/aromatic N) is 2. The van der Waals surface area contributed by atoms with E-state index >= 15 is 0 Å². The largest absolute Gasteiger partial charge is 0.493 e. The maximum absolute atomic E-state index is 11.4. The van der Waals surface area contributed by atoms with Crippen molar-refractivity contribution in [1.82, 2.24) is 0 Å². The number of rotatable bonds is 7. The Morgan fingerprint density at radius 3 is 2.48 bits per heavy atom. The second kappa shape index (κ2) is 8.14. The number of aryl methyl sites for hydroxylation is 1. The van der Waals surface area contributed by atoms with Crippen molar-refractivity contribution < 1.29 is 14.4 Å². The van der Waals surface area contributed by atoms with Crippen LogP contribution in [0.3, 0.4) is 0 Å². The lowest BCUT2D eigenvalue weighted by Crippen LogP contribution is -2.09. The number of nitro benzene ring substituents is 1. The van der Waals surface area contributed by atoms with Crippen LogP contribution in [0.25, 0.3) is 0 Å². The average molecular weight is 343 g/mol. The Bertz CT molecular complexity index is 771. The summed E-state index contributed by atoms with van der Waals surface area (Å²) in [5.74, 6) is 0.408. The molecule has 0 aliphatic heterocycles. The van der Waals surface area contributed by atoms with Gasteiger partial charge in [0.1, 0.15) is 0 Å². The molecule has 0 saturated heterocycles. The predicted molar refractivity (Wildman–Crippen MR) is 97.8 cm³/mol. The molecule has 25 heavy (non-hydrogen) atoms. The number of anilines is 1. The summed E-state index contributed by atoms with van der Waals surface area (Å²) in [6.07, 6.45) is 1.28. The molecule has 0 atom stereocenters. The van der Waals surface area contributed by atoms with E-state index in [-0.39, 0.29) is 17.5 Å². The van der Waals surface area contributed by atoms with E-state index in [2.05, 4.69) is 10.5 Å². The van der Waals surface area contributed by atoms with Crippen molar-refractivity contribution in [2.45, 2.75) is 26.9 Å². The van der Waals surface area contributed by atoms with Gasteiger partial charge in [0.15, 0.2) is 5.75 Å². The summed E-state index contributed by atoms with van der Waals surface area (Å²) in [4.78, 5) is 10.9. The fourth-order valence-electron chi connectivity index (χ4n) is 2.13. The summed E-state index contributed by atoms with van der Waals surface area (Å²) in [5.41, 5.74) is 5.22. The Labute approximate surface area is 146 Å². The third-order valence-corrected chi connectivity index (χ3v) is 3.29. The molecule has 2 rings (SSSR count). The fraction of sp³-hybridized carbons (Fsp3) is 0.278. The molecular formula is C18H21N3O4. The van der Waals surface area contributed by atoms with E-state index in [1.807, 2.05) is 31.2 Å². The van der Waals surface area contributed by atoms with Crippen molar-refractivity contribution in [3.05, 3.63) is 57.6 Å². The number of hydrogen-bond acceptors (Lipinski definition) is 6. The molecule has 0 aliphatic carbocycles. The number of hydrazone groups is 1. The highest BCUT2D eigenvalue weighted by Crippen LogP contribution is 2.38. The summed E-state index contributed by atoms with van der Waals surface area (Å²) < 4.78 is 10.8. The third-order valence-electron chi connectivity index (χ3n) is 3.29. The van der Waals surface area contributed by atoms with Gasteiger partial charge in [-0.2, -0.15) is 5.10 Å². The van der Waals surface area contributed by atoms with Crippen LogP contribution in [0.4, 0.5) is 11.4 Å². The van der Waals surface area contributed by atoms with Gasteiger partial charge in [-0.15, -0.1) is 0 Å². The topological polar surface area (TPSA) is 86.0 Å². The molecule has 132 valence electrons. The Balaban J connectivity index is 2.28. The molecule has 0 aromatic heterocycles. The zero-order valence-corrected chi connectivity index (χ0v) is 14.6. The zero-order valence-electron chi connectivity index (χ0n) is 14.6. The Hall–Kier alpha value is -3.09. The number of nitro groups is 1. The molecule has 0 unspecified atom stereocenters. The zero-order chi connectivity index (χ0) is 18.4. The van der Waals surface area contributed by atoms with Crippen LogP contribution in [0.5, 0.6) is 11.5 Å². The monoisotopic (exact) mass is 343 g/mol. The molecule has 2 aromatic carbocycles. The van der Waals surface area contributed by atoms with Crippen LogP contribution < -0.4 is 14.9 Å². The summed E-state index contributed by atoms with van der Waals surface area (Å²) in [6.45, 7) is 5.59. The fourth-order valence-corrected chi connectivity index (χ4v) is 2.13. The molecule has 0 saturated carbocycles. The van der Waals surface area contributed by atoms with Crippen LogP contribution in [-0.2, 0) is 0 Å². The smallest absolute Gasteiger partial charge is 0.315 e. The van der Waals surface area contributed by atoms with Crippen molar-refractivity contribution in [3.8, 4) is 11.5 Å². The lowest BCUT2D eigenvalue weighted by atomic mass is 10.2. The quantitative estimate of drug-likeness (QED) is 0.464. The van der Waals surface area contributed by atoms with E-state index in [1.165, 1.54) is 19.4 Å². The van der Waals surface area contributed by atoms with E-state index in [1.54, 1.807) is 19.9 Å². The maximum atomic E-state index is 11.4. The van der Waals surface area contributed by atoms with Gasteiger partial charge in [-0.1, -0.05) is 17.7 Å². The van der Waals surface area contributed by atoms with E-state index in [0.717, 1.165) is 11.3 Å².